The Morgan fingerprint density at radius 1 is 1.07 bits per heavy atom. The van der Waals surface area contributed by atoms with Crippen LogP contribution in [0, 0.1) is 25.5 Å². The lowest BCUT2D eigenvalue weighted by Crippen LogP contribution is -2.31. The molecule has 0 aliphatic heterocycles. The van der Waals surface area contributed by atoms with Gasteiger partial charge in [-0.25, -0.2) is 13.5 Å². The SMILES string of the molecule is Cc1nn(-c2ccccc2)c(C)c1CC(=O)O[C@@H](C)C(=O)Nc1c(F)cccc1F. The molecule has 30 heavy (non-hydrogen) atoms. The van der Waals surface area contributed by atoms with E-state index in [2.05, 4.69) is 10.4 Å². The Kier molecular flexibility index (Phi) is 6.25. The fourth-order valence-electron chi connectivity index (χ4n) is 3.03. The van der Waals surface area contributed by atoms with Crippen LogP contribution in [0.2, 0.25) is 0 Å². The fraction of sp³-hybridized carbons (Fsp3) is 0.227. The van der Waals surface area contributed by atoms with E-state index in [1.807, 2.05) is 37.3 Å². The Labute approximate surface area is 172 Å². The number of aromatic nitrogens is 2. The molecule has 0 bridgehead atoms. The van der Waals surface area contributed by atoms with Crippen molar-refractivity contribution in [2.75, 3.05) is 5.32 Å². The highest BCUT2D eigenvalue weighted by Crippen LogP contribution is 2.20. The van der Waals surface area contributed by atoms with Gasteiger partial charge in [0.05, 0.1) is 17.8 Å². The summed E-state index contributed by atoms with van der Waals surface area (Å²) in [6.07, 6.45) is -1.32. The van der Waals surface area contributed by atoms with Crippen LogP contribution in [0.3, 0.4) is 0 Å². The van der Waals surface area contributed by atoms with Crippen LogP contribution in [-0.4, -0.2) is 27.8 Å². The van der Waals surface area contributed by atoms with E-state index in [0.29, 0.717) is 11.3 Å². The number of hydrogen-bond acceptors (Lipinski definition) is 4. The third-order valence-corrected chi connectivity index (χ3v) is 4.65. The maximum Gasteiger partial charge on any atom is 0.311 e. The van der Waals surface area contributed by atoms with Gasteiger partial charge in [-0.05, 0) is 45.0 Å². The van der Waals surface area contributed by atoms with Crippen LogP contribution in [-0.2, 0) is 20.7 Å². The molecule has 0 aliphatic rings. The molecule has 6 nitrogen and oxygen atoms in total. The molecule has 0 unspecified atom stereocenters. The summed E-state index contributed by atoms with van der Waals surface area (Å²) in [7, 11) is 0. The zero-order valence-electron chi connectivity index (χ0n) is 16.8. The summed E-state index contributed by atoms with van der Waals surface area (Å²) in [5, 5.41) is 6.58. The first kappa shape index (κ1) is 21.2. The quantitative estimate of drug-likeness (QED) is 0.623. The number of halogens is 2. The van der Waals surface area contributed by atoms with Crippen LogP contribution in [0.1, 0.15) is 23.9 Å². The molecule has 1 heterocycles. The van der Waals surface area contributed by atoms with Crippen LogP contribution < -0.4 is 5.32 Å². The highest BCUT2D eigenvalue weighted by atomic mass is 19.1. The van der Waals surface area contributed by atoms with Crippen molar-refractivity contribution in [3.05, 3.63) is 77.1 Å². The molecule has 0 fully saturated rings. The van der Waals surface area contributed by atoms with Gasteiger partial charge in [-0.15, -0.1) is 0 Å². The molecule has 2 aromatic carbocycles. The number of amides is 1. The van der Waals surface area contributed by atoms with Crippen molar-refractivity contribution in [2.45, 2.75) is 33.3 Å². The van der Waals surface area contributed by atoms with Gasteiger partial charge in [0, 0.05) is 11.3 Å². The van der Waals surface area contributed by atoms with E-state index in [1.165, 1.54) is 13.0 Å². The minimum Gasteiger partial charge on any atom is -0.452 e. The normalized spacial score (nSPS) is 11.8. The lowest BCUT2D eigenvalue weighted by Gasteiger charge is -2.14. The number of ether oxygens (including phenoxy) is 1. The third-order valence-electron chi connectivity index (χ3n) is 4.65. The molecule has 1 atom stereocenters. The van der Waals surface area contributed by atoms with Gasteiger partial charge < -0.3 is 10.1 Å². The zero-order valence-corrected chi connectivity index (χ0v) is 16.8. The van der Waals surface area contributed by atoms with Gasteiger partial charge in [0.25, 0.3) is 5.91 Å². The van der Waals surface area contributed by atoms with Crippen molar-refractivity contribution in [2.24, 2.45) is 0 Å². The first-order chi connectivity index (χ1) is 14.3. The summed E-state index contributed by atoms with van der Waals surface area (Å²) < 4.78 is 34.3. The average molecular weight is 413 g/mol. The molecule has 8 heteroatoms. The van der Waals surface area contributed by atoms with Gasteiger partial charge in [0.2, 0.25) is 0 Å². The van der Waals surface area contributed by atoms with E-state index in [1.54, 1.807) is 11.6 Å². The van der Waals surface area contributed by atoms with Gasteiger partial charge in [-0.1, -0.05) is 24.3 Å². The summed E-state index contributed by atoms with van der Waals surface area (Å²) in [5.74, 6) is -3.31. The fourth-order valence-corrected chi connectivity index (χ4v) is 3.03. The number of nitrogens with one attached hydrogen (secondary N) is 1. The zero-order chi connectivity index (χ0) is 21.8. The Bertz CT molecular complexity index is 1060. The molecule has 0 radical (unpaired) electrons. The molecule has 3 aromatic rings. The van der Waals surface area contributed by atoms with Crippen LogP contribution in [0.25, 0.3) is 5.69 Å². The van der Waals surface area contributed by atoms with Crippen LogP contribution in [0.4, 0.5) is 14.5 Å². The molecule has 0 aliphatic carbocycles. The molecular formula is C22H21F2N3O3. The van der Waals surface area contributed by atoms with Gasteiger partial charge >= 0.3 is 5.97 Å². The first-order valence-electron chi connectivity index (χ1n) is 9.32. The lowest BCUT2D eigenvalue weighted by molar-refractivity contribution is -0.152. The van der Waals surface area contributed by atoms with Crippen molar-refractivity contribution >= 4 is 17.6 Å². The Balaban J connectivity index is 1.67. The molecule has 1 amide bonds. The van der Waals surface area contributed by atoms with Crippen LogP contribution in [0.15, 0.2) is 48.5 Å². The predicted octanol–water partition coefficient (Wildman–Crippen LogP) is 3.88. The molecule has 156 valence electrons. The Morgan fingerprint density at radius 3 is 2.33 bits per heavy atom. The van der Waals surface area contributed by atoms with Crippen molar-refractivity contribution in [3.63, 3.8) is 0 Å². The number of nitrogens with zero attached hydrogens (tertiary/aromatic N) is 2. The second-order valence-corrected chi connectivity index (χ2v) is 6.79. The number of esters is 1. The van der Waals surface area contributed by atoms with Crippen molar-refractivity contribution < 1.29 is 23.1 Å². The lowest BCUT2D eigenvalue weighted by atomic mass is 10.1. The maximum absolute atomic E-state index is 13.7. The minimum atomic E-state index is -1.23. The summed E-state index contributed by atoms with van der Waals surface area (Å²) in [4.78, 5) is 24.6. The van der Waals surface area contributed by atoms with E-state index in [-0.39, 0.29) is 6.42 Å². The second-order valence-electron chi connectivity index (χ2n) is 6.79. The number of para-hydroxylation sites is 2. The maximum atomic E-state index is 13.7. The van der Waals surface area contributed by atoms with Gasteiger partial charge in [-0.2, -0.15) is 5.10 Å². The number of aryl methyl sites for hydroxylation is 1. The number of carbonyl (C=O) groups excluding carboxylic acids is 2. The number of carbonyl (C=O) groups is 2. The molecule has 0 spiro atoms. The van der Waals surface area contributed by atoms with Crippen molar-refractivity contribution in [1.29, 1.82) is 0 Å². The third kappa shape index (κ3) is 4.53. The van der Waals surface area contributed by atoms with Gasteiger partial charge in [-0.3, -0.25) is 9.59 Å². The summed E-state index contributed by atoms with van der Waals surface area (Å²) in [6, 6.07) is 12.7. The van der Waals surface area contributed by atoms with Crippen LogP contribution in [0.5, 0.6) is 0 Å². The number of rotatable bonds is 6. The predicted molar refractivity (Wildman–Crippen MR) is 107 cm³/mol. The molecule has 0 saturated carbocycles. The molecular weight excluding hydrogens is 392 g/mol. The number of benzene rings is 2. The van der Waals surface area contributed by atoms with E-state index in [0.717, 1.165) is 23.5 Å². The van der Waals surface area contributed by atoms with Gasteiger partial charge in [0.15, 0.2) is 6.10 Å². The summed E-state index contributed by atoms with van der Waals surface area (Å²) in [6.45, 7) is 4.96. The van der Waals surface area contributed by atoms with Crippen molar-refractivity contribution in [3.8, 4) is 5.69 Å². The molecule has 1 N–H and O–H groups in total. The van der Waals surface area contributed by atoms with E-state index in [9.17, 15) is 18.4 Å². The smallest absolute Gasteiger partial charge is 0.311 e. The summed E-state index contributed by atoms with van der Waals surface area (Å²) in [5.41, 5.74) is 2.41. The number of anilines is 1. The Hall–Kier alpha value is -3.55. The van der Waals surface area contributed by atoms with E-state index >= 15 is 0 Å². The first-order valence-corrected chi connectivity index (χ1v) is 9.32. The minimum absolute atomic E-state index is 0.0871. The van der Waals surface area contributed by atoms with E-state index in [4.69, 9.17) is 4.74 Å². The number of hydrogen-bond donors (Lipinski definition) is 1. The highest BCUT2D eigenvalue weighted by Gasteiger charge is 2.23. The summed E-state index contributed by atoms with van der Waals surface area (Å²) >= 11 is 0. The highest BCUT2D eigenvalue weighted by molar-refractivity contribution is 5.95. The van der Waals surface area contributed by atoms with E-state index < -0.39 is 35.3 Å². The molecule has 0 saturated heterocycles. The second kappa shape index (κ2) is 8.86. The monoisotopic (exact) mass is 413 g/mol. The average Bonchev–Trinajstić information content (AvgIpc) is 2.99. The van der Waals surface area contributed by atoms with Gasteiger partial charge in [0.1, 0.15) is 17.3 Å². The topological polar surface area (TPSA) is 73.2 Å². The van der Waals surface area contributed by atoms with Crippen molar-refractivity contribution in [1.82, 2.24) is 9.78 Å². The molecule has 3 rings (SSSR count). The van der Waals surface area contributed by atoms with Crippen LogP contribution >= 0.6 is 0 Å². The Morgan fingerprint density at radius 2 is 1.70 bits per heavy atom. The standard InChI is InChI=1S/C22H21F2N3O3/c1-13-17(14(2)27(26-13)16-8-5-4-6-9-16)12-20(28)30-15(3)22(29)25-21-18(23)10-7-11-19(21)24/h4-11,15H,12H2,1-3H3,(H,25,29)/t15-/m0/s1. The molecule has 1 aromatic heterocycles. The largest absolute Gasteiger partial charge is 0.452 e.